The molecular weight excluding hydrogens is 254 g/mol. The molecule has 0 spiro atoms. The van der Waals surface area contributed by atoms with Crippen molar-refractivity contribution in [3.8, 4) is 10.6 Å². The van der Waals surface area contributed by atoms with E-state index in [1.807, 2.05) is 20.3 Å². The van der Waals surface area contributed by atoms with Crippen LogP contribution in [0.15, 0.2) is 30.5 Å². The van der Waals surface area contributed by atoms with Gasteiger partial charge in [0.2, 0.25) is 0 Å². The maximum atomic E-state index is 5.47. The van der Waals surface area contributed by atoms with Gasteiger partial charge in [0.05, 0.1) is 0 Å². The van der Waals surface area contributed by atoms with E-state index >= 15 is 0 Å². The first-order valence-corrected chi connectivity index (χ1v) is 6.46. The summed E-state index contributed by atoms with van der Waals surface area (Å²) >= 11 is 7.12. The molecule has 0 radical (unpaired) electrons. The van der Waals surface area contributed by atoms with Crippen molar-refractivity contribution in [3.63, 3.8) is 0 Å². The largest absolute Gasteiger partial charge is 0.378 e. The Kier molecular flexibility index (Phi) is 3.99. The molecule has 0 aliphatic heterocycles. The lowest BCUT2D eigenvalue weighted by molar-refractivity contribution is 0.983. The molecule has 1 N–H and O–H groups in total. The second-order valence-corrected chi connectivity index (χ2v) is 5.27. The van der Waals surface area contributed by atoms with Gasteiger partial charge in [0.25, 0.3) is 0 Å². The monoisotopic (exact) mass is 267 g/mol. The lowest BCUT2D eigenvalue weighted by Crippen LogP contribution is -2.07. The van der Waals surface area contributed by atoms with Crippen molar-refractivity contribution in [3.05, 3.63) is 35.3 Å². The van der Waals surface area contributed by atoms with Crippen molar-refractivity contribution in [2.75, 3.05) is 19.0 Å². The van der Waals surface area contributed by atoms with Crippen molar-refractivity contribution in [1.82, 2.24) is 9.82 Å². The third kappa shape index (κ3) is 2.97. The van der Waals surface area contributed by atoms with E-state index in [4.69, 9.17) is 11.8 Å². The van der Waals surface area contributed by atoms with Crippen LogP contribution in [0.3, 0.4) is 0 Å². The van der Waals surface area contributed by atoms with Gasteiger partial charge < -0.3 is 4.90 Å². The molecule has 1 heterocycles. The Morgan fingerprint density at radius 3 is 2.59 bits per heavy atom. The summed E-state index contributed by atoms with van der Waals surface area (Å²) in [5, 5.41) is 1.03. The minimum absolute atomic E-state index is 0.648. The van der Waals surface area contributed by atoms with Gasteiger partial charge in [-0.1, -0.05) is 0 Å². The van der Waals surface area contributed by atoms with E-state index in [2.05, 4.69) is 39.0 Å². The Labute approximate surface area is 110 Å². The van der Waals surface area contributed by atoms with Crippen LogP contribution in [0, 0.1) is 0 Å². The van der Waals surface area contributed by atoms with Crippen LogP contribution in [0.25, 0.3) is 10.6 Å². The molecule has 2 rings (SSSR count). The second-order valence-electron chi connectivity index (χ2n) is 3.88. The Bertz CT molecular complexity index is 479. The van der Waals surface area contributed by atoms with E-state index in [1.165, 1.54) is 5.69 Å². The van der Waals surface area contributed by atoms with Crippen molar-refractivity contribution >= 4 is 28.8 Å². The highest BCUT2D eigenvalue weighted by Crippen LogP contribution is 2.26. The number of benzene rings is 1. The van der Waals surface area contributed by atoms with E-state index < -0.39 is 0 Å². The molecule has 0 amide bonds. The summed E-state index contributed by atoms with van der Waals surface area (Å²) in [5.74, 6) is 0. The zero-order chi connectivity index (χ0) is 12.3. The highest BCUT2D eigenvalue weighted by Gasteiger charge is 2.04. The zero-order valence-electron chi connectivity index (χ0n) is 9.77. The summed E-state index contributed by atoms with van der Waals surface area (Å²) < 4.78 is 0. The smallest absolute Gasteiger partial charge is 0.123 e. The molecule has 0 atom stereocenters. The first-order chi connectivity index (χ1) is 8.20. The number of hydrogen-bond acceptors (Lipinski definition) is 4. The number of nitrogens with one attached hydrogen (secondary N) is 1. The van der Waals surface area contributed by atoms with Crippen molar-refractivity contribution in [1.29, 1.82) is 0 Å². The SMILES string of the molecule is CN(C)c1ccc(-c2ncc(CNCl)s2)cc1. The van der Waals surface area contributed by atoms with E-state index in [9.17, 15) is 0 Å². The number of rotatable bonds is 4. The predicted octanol–water partition coefficient (Wildman–Crippen LogP) is 3.12. The molecule has 0 saturated carbocycles. The molecule has 0 unspecified atom stereocenters. The van der Waals surface area contributed by atoms with Gasteiger partial charge >= 0.3 is 0 Å². The highest BCUT2D eigenvalue weighted by molar-refractivity contribution is 7.15. The molecule has 0 fully saturated rings. The first-order valence-electron chi connectivity index (χ1n) is 5.26. The van der Waals surface area contributed by atoms with E-state index in [-0.39, 0.29) is 0 Å². The van der Waals surface area contributed by atoms with Gasteiger partial charge in [-0.3, -0.25) is 0 Å². The van der Waals surface area contributed by atoms with Gasteiger partial charge in [-0.25, -0.2) is 9.82 Å². The van der Waals surface area contributed by atoms with E-state index in [0.717, 1.165) is 15.4 Å². The van der Waals surface area contributed by atoms with Crippen LogP contribution < -0.4 is 9.74 Å². The quantitative estimate of drug-likeness (QED) is 0.863. The summed E-state index contributed by atoms with van der Waals surface area (Å²) in [7, 11) is 4.06. The minimum Gasteiger partial charge on any atom is -0.378 e. The van der Waals surface area contributed by atoms with Gasteiger partial charge in [0.1, 0.15) is 5.01 Å². The molecule has 1 aromatic heterocycles. The van der Waals surface area contributed by atoms with Crippen LogP contribution in [0.2, 0.25) is 0 Å². The van der Waals surface area contributed by atoms with Crippen LogP contribution in [-0.4, -0.2) is 19.1 Å². The number of aromatic nitrogens is 1. The van der Waals surface area contributed by atoms with Gasteiger partial charge in [0.15, 0.2) is 0 Å². The summed E-state index contributed by atoms with van der Waals surface area (Å²) in [6.07, 6.45) is 1.86. The molecule has 1 aromatic carbocycles. The Hall–Kier alpha value is -1.10. The molecule has 0 saturated heterocycles. The number of nitrogens with zero attached hydrogens (tertiary/aromatic N) is 2. The van der Waals surface area contributed by atoms with E-state index in [0.29, 0.717) is 6.54 Å². The number of hydrogen-bond donors (Lipinski definition) is 1. The Balaban J connectivity index is 2.21. The van der Waals surface area contributed by atoms with Crippen molar-refractivity contribution in [2.24, 2.45) is 0 Å². The van der Waals surface area contributed by atoms with E-state index in [1.54, 1.807) is 11.3 Å². The fraction of sp³-hybridized carbons (Fsp3) is 0.250. The summed E-state index contributed by atoms with van der Waals surface area (Å²) in [6, 6.07) is 8.37. The Morgan fingerprint density at radius 2 is 2.00 bits per heavy atom. The number of thiazole rings is 1. The molecule has 3 nitrogen and oxygen atoms in total. The average molecular weight is 268 g/mol. The van der Waals surface area contributed by atoms with Crippen molar-refractivity contribution < 1.29 is 0 Å². The fourth-order valence-corrected chi connectivity index (χ4v) is 2.57. The van der Waals surface area contributed by atoms with Crippen molar-refractivity contribution in [2.45, 2.75) is 6.54 Å². The molecule has 2 aromatic rings. The maximum Gasteiger partial charge on any atom is 0.123 e. The standard InChI is InChI=1S/C12H14ClN3S/c1-16(2)10-5-3-9(4-6-10)12-14-7-11(17-12)8-15-13/h3-7,15H,8H2,1-2H3. The minimum atomic E-state index is 0.648. The van der Waals surface area contributed by atoms with Crippen LogP contribution in [0.4, 0.5) is 5.69 Å². The number of anilines is 1. The molecule has 0 aliphatic carbocycles. The Morgan fingerprint density at radius 1 is 1.29 bits per heavy atom. The summed E-state index contributed by atoms with van der Waals surface area (Å²) in [5.41, 5.74) is 2.33. The van der Waals surface area contributed by atoms with Crippen LogP contribution >= 0.6 is 23.1 Å². The number of halogens is 1. The third-order valence-corrected chi connectivity index (χ3v) is 3.61. The first kappa shape index (κ1) is 12.4. The van der Waals surface area contributed by atoms with Crippen LogP contribution in [0.5, 0.6) is 0 Å². The molecule has 90 valence electrons. The lowest BCUT2D eigenvalue weighted by atomic mass is 10.2. The average Bonchev–Trinajstić information content (AvgIpc) is 2.78. The summed E-state index contributed by atoms with van der Waals surface area (Å²) in [6.45, 7) is 0.648. The van der Waals surface area contributed by atoms with Crippen LogP contribution in [-0.2, 0) is 6.54 Å². The normalized spacial score (nSPS) is 10.5. The highest BCUT2D eigenvalue weighted by atomic mass is 35.5. The molecule has 5 heteroatoms. The van der Waals surface area contributed by atoms with Gasteiger partial charge in [-0.2, -0.15) is 0 Å². The van der Waals surface area contributed by atoms with Gasteiger partial charge in [-0.15, -0.1) is 11.3 Å². The van der Waals surface area contributed by atoms with Crippen LogP contribution in [0.1, 0.15) is 4.88 Å². The lowest BCUT2D eigenvalue weighted by Gasteiger charge is -2.11. The molecule has 0 aliphatic rings. The third-order valence-electron chi connectivity index (χ3n) is 2.43. The fourth-order valence-electron chi connectivity index (χ4n) is 1.49. The maximum absolute atomic E-state index is 5.47. The summed E-state index contributed by atoms with van der Waals surface area (Å²) in [4.78, 5) is 10.2. The second kappa shape index (κ2) is 5.49. The topological polar surface area (TPSA) is 28.2 Å². The molecule has 17 heavy (non-hydrogen) atoms. The molecular formula is C12H14ClN3S. The molecule has 0 bridgehead atoms. The zero-order valence-corrected chi connectivity index (χ0v) is 11.3. The predicted molar refractivity (Wildman–Crippen MR) is 74.6 cm³/mol. The van der Waals surface area contributed by atoms with Gasteiger partial charge in [-0.05, 0) is 36.0 Å². The van der Waals surface area contributed by atoms with Gasteiger partial charge in [0, 0.05) is 43.0 Å².